The normalized spacial score (nSPS) is 13.3. The first-order valence-electron chi connectivity index (χ1n) is 9.43. The maximum absolute atomic E-state index is 12.5. The van der Waals surface area contributed by atoms with Crippen LogP contribution in [-0.2, 0) is 17.9 Å². The average Bonchev–Trinajstić information content (AvgIpc) is 3.36. The van der Waals surface area contributed by atoms with Gasteiger partial charge in [-0.05, 0) is 54.1 Å². The first kappa shape index (κ1) is 20.7. The van der Waals surface area contributed by atoms with Gasteiger partial charge in [-0.3, -0.25) is 14.5 Å². The van der Waals surface area contributed by atoms with Crippen LogP contribution in [0.3, 0.4) is 0 Å². The molecule has 1 saturated heterocycles. The molecule has 4 amide bonds. The molecular formula is C22H18BrN3O5. The highest BCUT2D eigenvalue weighted by Gasteiger charge is 2.28. The third-order valence-corrected chi connectivity index (χ3v) is 5.07. The molecule has 2 N–H and O–H groups in total. The fourth-order valence-corrected chi connectivity index (χ4v) is 3.27. The number of hydrogen-bond donors (Lipinski definition) is 2. The molecule has 0 saturated carbocycles. The van der Waals surface area contributed by atoms with Crippen LogP contribution in [0.25, 0.3) is 0 Å². The minimum Gasteiger partial charge on any atom is -0.486 e. The largest absolute Gasteiger partial charge is 0.486 e. The number of furan rings is 1. The minimum atomic E-state index is -0.423. The second-order valence-electron chi connectivity index (χ2n) is 6.80. The van der Waals surface area contributed by atoms with Crippen molar-refractivity contribution in [2.75, 3.05) is 11.9 Å². The lowest BCUT2D eigenvalue weighted by molar-refractivity contribution is -0.125. The van der Waals surface area contributed by atoms with Gasteiger partial charge < -0.3 is 19.8 Å². The van der Waals surface area contributed by atoms with Crippen molar-refractivity contribution in [3.05, 3.63) is 82.2 Å². The molecule has 31 heavy (non-hydrogen) atoms. The molecule has 4 rings (SSSR count). The number of nitrogens with one attached hydrogen (secondary N) is 2. The highest BCUT2D eigenvalue weighted by Crippen LogP contribution is 2.19. The Morgan fingerprint density at radius 3 is 2.68 bits per heavy atom. The number of carbonyl (C=O) groups is 3. The lowest BCUT2D eigenvalue weighted by Crippen LogP contribution is -2.30. The quantitative estimate of drug-likeness (QED) is 0.495. The predicted octanol–water partition coefficient (Wildman–Crippen LogP) is 3.93. The van der Waals surface area contributed by atoms with Gasteiger partial charge in [-0.1, -0.05) is 28.1 Å². The molecule has 1 aliphatic heterocycles. The lowest BCUT2D eigenvalue weighted by atomic mass is 10.2. The number of hydrogen-bond acceptors (Lipinski definition) is 5. The summed E-state index contributed by atoms with van der Waals surface area (Å²) in [6.07, 6.45) is 0. The number of amides is 4. The summed E-state index contributed by atoms with van der Waals surface area (Å²) in [6, 6.07) is 17.2. The molecular weight excluding hydrogens is 466 g/mol. The van der Waals surface area contributed by atoms with E-state index in [1.807, 2.05) is 24.3 Å². The van der Waals surface area contributed by atoms with Gasteiger partial charge in [-0.2, -0.15) is 0 Å². The van der Waals surface area contributed by atoms with E-state index in [1.54, 1.807) is 36.4 Å². The van der Waals surface area contributed by atoms with Gasteiger partial charge in [-0.25, -0.2) is 4.79 Å². The molecule has 8 nitrogen and oxygen atoms in total. The lowest BCUT2D eigenvalue weighted by Gasteiger charge is -2.13. The molecule has 2 aromatic carbocycles. The van der Waals surface area contributed by atoms with E-state index in [4.69, 9.17) is 9.15 Å². The van der Waals surface area contributed by atoms with E-state index in [9.17, 15) is 14.4 Å². The topological polar surface area (TPSA) is 101 Å². The number of halogens is 1. The monoisotopic (exact) mass is 483 g/mol. The third-order valence-electron chi connectivity index (χ3n) is 4.54. The van der Waals surface area contributed by atoms with Crippen LogP contribution in [-0.4, -0.2) is 29.3 Å². The van der Waals surface area contributed by atoms with Crippen molar-refractivity contribution < 1.29 is 23.5 Å². The first-order valence-corrected chi connectivity index (χ1v) is 10.2. The predicted molar refractivity (Wildman–Crippen MR) is 116 cm³/mol. The van der Waals surface area contributed by atoms with Gasteiger partial charge in [0.15, 0.2) is 5.76 Å². The third kappa shape index (κ3) is 5.13. The van der Waals surface area contributed by atoms with Crippen LogP contribution in [0.2, 0.25) is 0 Å². The molecule has 9 heteroatoms. The van der Waals surface area contributed by atoms with Crippen molar-refractivity contribution in [3.63, 3.8) is 0 Å². The number of ether oxygens (including phenoxy) is 1. The zero-order valence-corrected chi connectivity index (χ0v) is 17.8. The van der Waals surface area contributed by atoms with Crippen molar-refractivity contribution in [2.24, 2.45) is 0 Å². The van der Waals surface area contributed by atoms with E-state index in [2.05, 4.69) is 26.6 Å². The van der Waals surface area contributed by atoms with Crippen LogP contribution < -0.4 is 15.4 Å². The highest BCUT2D eigenvalue weighted by molar-refractivity contribution is 9.10. The van der Waals surface area contributed by atoms with Crippen LogP contribution in [0.15, 0.2) is 69.6 Å². The van der Waals surface area contributed by atoms with Crippen LogP contribution in [0, 0.1) is 0 Å². The van der Waals surface area contributed by atoms with E-state index >= 15 is 0 Å². The molecule has 158 valence electrons. The summed E-state index contributed by atoms with van der Waals surface area (Å²) in [4.78, 5) is 37.1. The fourth-order valence-electron chi connectivity index (χ4n) is 3.00. The van der Waals surface area contributed by atoms with Gasteiger partial charge in [0.05, 0.1) is 13.1 Å². The summed E-state index contributed by atoms with van der Waals surface area (Å²) in [5, 5.41) is 5.23. The summed E-state index contributed by atoms with van der Waals surface area (Å²) in [5.41, 5.74) is 1.24. The Labute approximate surface area is 186 Å². The van der Waals surface area contributed by atoms with Crippen molar-refractivity contribution in [3.8, 4) is 5.75 Å². The molecule has 1 fully saturated rings. The highest BCUT2D eigenvalue weighted by atomic mass is 79.9. The Morgan fingerprint density at radius 1 is 1.13 bits per heavy atom. The molecule has 0 spiro atoms. The van der Waals surface area contributed by atoms with Gasteiger partial charge in [0, 0.05) is 10.2 Å². The second kappa shape index (κ2) is 9.05. The molecule has 2 heterocycles. The summed E-state index contributed by atoms with van der Waals surface area (Å²) in [6.45, 7) is 0.324. The van der Waals surface area contributed by atoms with E-state index < -0.39 is 11.9 Å². The van der Waals surface area contributed by atoms with Gasteiger partial charge >= 0.3 is 6.03 Å². The van der Waals surface area contributed by atoms with Gasteiger partial charge in [0.25, 0.3) is 5.91 Å². The van der Waals surface area contributed by atoms with Crippen LogP contribution >= 0.6 is 15.9 Å². The summed E-state index contributed by atoms with van der Waals surface area (Å²) >= 11 is 3.37. The number of nitrogens with zero attached hydrogens (tertiary/aromatic N) is 1. The van der Waals surface area contributed by atoms with Crippen molar-refractivity contribution >= 4 is 39.5 Å². The van der Waals surface area contributed by atoms with E-state index in [-0.39, 0.29) is 31.4 Å². The van der Waals surface area contributed by atoms with Crippen LogP contribution in [0.5, 0.6) is 5.75 Å². The molecule has 1 aliphatic rings. The van der Waals surface area contributed by atoms with Crippen molar-refractivity contribution in [1.29, 1.82) is 0 Å². The van der Waals surface area contributed by atoms with Gasteiger partial charge in [0.1, 0.15) is 18.1 Å². The number of rotatable bonds is 7. The zero-order chi connectivity index (χ0) is 21.8. The molecule has 0 unspecified atom stereocenters. The van der Waals surface area contributed by atoms with Gasteiger partial charge in [0.2, 0.25) is 5.91 Å². The van der Waals surface area contributed by atoms with Crippen molar-refractivity contribution in [2.45, 2.75) is 13.2 Å². The van der Waals surface area contributed by atoms with Crippen LogP contribution in [0.4, 0.5) is 10.5 Å². The standard InChI is InChI=1S/C22H18BrN3O5/c23-15-4-6-17(7-5-15)30-13-18-8-9-19(31-18)21(28)25-16-3-1-2-14(10-16)12-26-20(27)11-24-22(26)29/h1-10H,11-13H2,(H,24,29)(H,25,28). The Bertz CT molecular complexity index is 1110. The maximum atomic E-state index is 12.5. The van der Waals surface area contributed by atoms with E-state index in [1.165, 1.54) is 0 Å². The molecule has 0 aliphatic carbocycles. The molecule has 0 bridgehead atoms. The Kier molecular flexibility index (Phi) is 6.03. The smallest absolute Gasteiger partial charge is 0.324 e. The zero-order valence-electron chi connectivity index (χ0n) is 16.3. The fraction of sp³-hybridized carbons (Fsp3) is 0.136. The number of anilines is 1. The number of carbonyl (C=O) groups excluding carboxylic acids is 3. The number of imide groups is 1. The summed E-state index contributed by atoms with van der Waals surface area (Å²) < 4.78 is 12.2. The Balaban J connectivity index is 1.35. The van der Waals surface area contributed by atoms with Crippen molar-refractivity contribution in [1.82, 2.24) is 10.2 Å². The molecule has 0 radical (unpaired) electrons. The molecule has 1 aromatic heterocycles. The minimum absolute atomic E-state index is 0.00161. The SMILES string of the molecule is O=C(Nc1cccc(CN2C(=O)CNC2=O)c1)c1ccc(COc2ccc(Br)cc2)o1. The average molecular weight is 484 g/mol. The van der Waals surface area contributed by atoms with E-state index in [0.29, 0.717) is 22.8 Å². The Morgan fingerprint density at radius 2 is 1.94 bits per heavy atom. The van der Waals surface area contributed by atoms with Crippen LogP contribution in [0.1, 0.15) is 21.9 Å². The van der Waals surface area contributed by atoms with Gasteiger partial charge in [-0.15, -0.1) is 0 Å². The second-order valence-corrected chi connectivity index (χ2v) is 7.72. The summed E-state index contributed by atoms with van der Waals surface area (Å²) in [7, 11) is 0. The molecule has 3 aromatic rings. The maximum Gasteiger partial charge on any atom is 0.324 e. The first-order chi connectivity index (χ1) is 15.0. The number of benzene rings is 2. The van der Waals surface area contributed by atoms with E-state index in [0.717, 1.165) is 9.37 Å². The number of urea groups is 1. The summed E-state index contributed by atoms with van der Waals surface area (Å²) in [5.74, 6) is 0.650. The molecule has 0 atom stereocenters. The Hall–Kier alpha value is -3.59.